The first-order valence-electron chi connectivity index (χ1n) is 10.6. The maximum absolute atomic E-state index is 13.4. The number of aromatic nitrogens is 2. The summed E-state index contributed by atoms with van der Waals surface area (Å²) in [6.45, 7) is 2.14. The van der Waals surface area contributed by atoms with Crippen LogP contribution in [0.3, 0.4) is 0 Å². The number of allylic oxidation sites excluding steroid dienone is 1. The molecule has 0 saturated heterocycles. The Kier molecular flexibility index (Phi) is 5.44. The number of nitrogens with one attached hydrogen (secondary N) is 1. The minimum absolute atomic E-state index is 0.253. The molecule has 1 N–H and O–H groups in total. The predicted molar refractivity (Wildman–Crippen MR) is 122 cm³/mol. The Balaban J connectivity index is 1.59. The summed E-state index contributed by atoms with van der Waals surface area (Å²) in [6.07, 6.45) is 0. The van der Waals surface area contributed by atoms with Gasteiger partial charge in [-0.15, -0.1) is 0 Å². The molecule has 0 fully saturated rings. The van der Waals surface area contributed by atoms with E-state index in [4.69, 9.17) is 4.52 Å². The maximum Gasteiger partial charge on any atom is 0.322 e. The second-order valence-electron chi connectivity index (χ2n) is 7.79. The first-order valence-corrected chi connectivity index (χ1v) is 10.6. The van der Waals surface area contributed by atoms with Crippen LogP contribution in [0.1, 0.15) is 30.0 Å². The molecule has 1 aromatic heterocycles. The van der Waals surface area contributed by atoms with E-state index in [0.29, 0.717) is 17.4 Å². The summed E-state index contributed by atoms with van der Waals surface area (Å²) >= 11 is 0. The minimum Gasteiger partial charge on any atom is -0.334 e. The molecule has 1 aliphatic rings. The molecule has 2 heterocycles. The van der Waals surface area contributed by atoms with Gasteiger partial charge in [-0.25, -0.2) is 9.18 Å². The molecule has 33 heavy (non-hydrogen) atoms. The van der Waals surface area contributed by atoms with Crippen molar-refractivity contribution in [2.24, 2.45) is 0 Å². The Morgan fingerprint density at radius 1 is 0.970 bits per heavy atom. The zero-order valence-corrected chi connectivity index (χ0v) is 17.9. The molecule has 3 aromatic carbocycles. The van der Waals surface area contributed by atoms with Crippen molar-refractivity contribution in [1.82, 2.24) is 20.4 Å². The van der Waals surface area contributed by atoms with E-state index in [0.717, 1.165) is 22.3 Å². The third kappa shape index (κ3) is 4.13. The molecule has 0 aliphatic carbocycles. The van der Waals surface area contributed by atoms with Gasteiger partial charge in [-0.05, 0) is 30.2 Å². The van der Waals surface area contributed by atoms with Crippen molar-refractivity contribution in [3.63, 3.8) is 0 Å². The number of urea groups is 1. The lowest BCUT2D eigenvalue weighted by Gasteiger charge is -2.35. The highest BCUT2D eigenvalue weighted by atomic mass is 19.1. The highest BCUT2D eigenvalue weighted by molar-refractivity contribution is 5.86. The van der Waals surface area contributed by atoms with E-state index in [1.165, 1.54) is 12.1 Å². The molecule has 0 saturated carbocycles. The molecule has 0 bridgehead atoms. The molecular weight excluding hydrogens is 419 g/mol. The molecule has 1 atom stereocenters. The van der Waals surface area contributed by atoms with Gasteiger partial charge in [0.2, 0.25) is 5.82 Å². The first kappa shape index (κ1) is 20.6. The highest BCUT2D eigenvalue weighted by Crippen LogP contribution is 2.37. The average Bonchev–Trinajstić information content (AvgIpc) is 3.33. The van der Waals surface area contributed by atoms with Gasteiger partial charge in [0, 0.05) is 11.3 Å². The molecule has 7 heteroatoms. The van der Waals surface area contributed by atoms with E-state index in [-0.39, 0.29) is 18.4 Å². The standard InChI is InChI=1S/C26H21FN4O2/c1-17-22(25-29-24(30-33-25)20-10-6-3-7-11-20)23(19-8-4-2-5-9-19)28-26(32)31(17)16-18-12-14-21(27)15-13-18/h2-15,23H,16H2,1H3,(H,28,32). The summed E-state index contributed by atoms with van der Waals surface area (Å²) < 4.78 is 19.0. The Hall–Kier alpha value is -4.26. The predicted octanol–water partition coefficient (Wildman–Crippen LogP) is 5.57. The Morgan fingerprint density at radius 2 is 1.64 bits per heavy atom. The molecule has 0 spiro atoms. The summed E-state index contributed by atoms with van der Waals surface area (Å²) in [4.78, 5) is 19.4. The second-order valence-corrected chi connectivity index (χ2v) is 7.79. The van der Waals surface area contributed by atoms with Gasteiger partial charge in [0.15, 0.2) is 0 Å². The van der Waals surface area contributed by atoms with Gasteiger partial charge < -0.3 is 9.84 Å². The number of rotatable bonds is 5. The summed E-state index contributed by atoms with van der Waals surface area (Å²) in [5.74, 6) is 0.488. The fourth-order valence-corrected chi connectivity index (χ4v) is 3.95. The summed E-state index contributed by atoms with van der Waals surface area (Å²) in [5, 5.41) is 7.24. The van der Waals surface area contributed by atoms with E-state index in [2.05, 4.69) is 15.5 Å². The Morgan fingerprint density at radius 3 is 2.33 bits per heavy atom. The molecule has 2 amide bonds. The van der Waals surface area contributed by atoms with Gasteiger partial charge in [-0.3, -0.25) is 4.90 Å². The van der Waals surface area contributed by atoms with Crippen molar-refractivity contribution in [1.29, 1.82) is 0 Å². The van der Waals surface area contributed by atoms with Crippen LogP contribution in [0.5, 0.6) is 0 Å². The molecule has 1 unspecified atom stereocenters. The molecule has 6 nitrogen and oxygen atoms in total. The molecule has 1 aliphatic heterocycles. The number of carbonyl (C=O) groups is 1. The number of halogens is 1. The number of carbonyl (C=O) groups excluding carboxylic acids is 1. The quantitative estimate of drug-likeness (QED) is 0.440. The second kappa shape index (κ2) is 8.70. The fraction of sp³-hybridized carbons (Fsp3) is 0.115. The lowest BCUT2D eigenvalue weighted by molar-refractivity contribution is 0.203. The van der Waals surface area contributed by atoms with Gasteiger partial charge in [-0.1, -0.05) is 78.0 Å². The molecule has 4 aromatic rings. The van der Waals surface area contributed by atoms with Crippen LogP contribution in [0.15, 0.2) is 95.1 Å². The lowest BCUT2D eigenvalue weighted by Crippen LogP contribution is -2.45. The van der Waals surface area contributed by atoms with Crippen LogP contribution in [0, 0.1) is 5.82 Å². The summed E-state index contributed by atoms with van der Waals surface area (Å²) in [5.41, 5.74) is 3.96. The van der Waals surface area contributed by atoms with Crippen molar-refractivity contribution >= 4 is 11.6 Å². The van der Waals surface area contributed by atoms with E-state index >= 15 is 0 Å². The molecule has 164 valence electrons. The van der Waals surface area contributed by atoms with Gasteiger partial charge in [0.05, 0.1) is 18.2 Å². The minimum atomic E-state index is -0.452. The maximum atomic E-state index is 13.4. The smallest absolute Gasteiger partial charge is 0.322 e. The van der Waals surface area contributed by atoms with Gasteiger partial charge in [0.25, 0.3) is 5.89 Å². The van der Waals surface area contributed by atoms with Gasteiger partial charge in [-0.2, -0.15) is 4.98 Å². The third-order valence-electron chi connectivity index (χ3n) is 5.67. The zero-order chi connectivity index (χ0) is 22.8. The van der Waals surface area contributed by atoms with Crippen LogP contribution < -0.4 is 5.32 Å². The van der Waals surface area contributed by atoms with Crippen molar-refractivity contribution < 1.29 is 13.7 Å². The van der Waals surface area contributed by atoms with Crippen LogP contribution >= 0.6 is 0 Å². The highest BCUT2D eigenvalue weighted by Gasteiger charge is 2.35. The molecule has 0 radical (unpaired) electrons. The van der Waals surface area contributed by atoms with Crippen LogP contribution in [-0.2, 0) is 6.54 Å². The normalized spacial score (nSPS) is 16.1. The Bertz CT molecular complexity index is 1300. The molecule has 5 rings (SSSR count). The number of hydrogen-bond donors (Lipinski definition) is 1. The van der Waals surface area contributed by atoms with Crippen molar-refractivity contribution in [2.45, 2.75) is 19.5 Å². The van der Waals surface area contributed by atoms with Crippen LogP contribution in [0.2, 0.25) is 0 Å². The third-order valence-corrected chi connectivity index (χ3v) is 5.67. The lowest BCUT2D eigenvalue weighted by atomic mass is 9.94. The van der Waals surface area contributed by atoms with Crippen molar-refractivity contribution in [2.75, 3.05) is 0 Å². The zero-order valence-electron chi connectivity index (χ0n) is 17.9. The van der Waals surface area contributed by atoms with Crippen LogP contribution in [0.25, 0.3) is 17.0 Å². The number of benzene rings is 3. The Labute approximate surface area is 190 Å². The van der Waals surface area contributed by atoms with Gasteiger partial charge >= 0.3 is 6.03 Å². The number of amides is 2. The SMILES string of the molecule is CC1=C(c2nc(-c3ccccc3)no2)C(c2ccccc2)NC(=O)N1Cc1ccc(F)cc1. The average molecular weight is 440 g/mol. The molecular formula is C26H21FN4O2. The fourth-order valence-electron chi connectivity index (χ4n) is 3.95. The van der Waals surface area contributed by atoms with Crippen molar-refractivity contribution in [3.8, 4) is 11.4 Å². The topological polar surface area (TPSA) is 71.3 Å². The van der Waals surface area contributed by atoms with Crippen molar-refractivity contribution in [3.05, 3.63) is 113 Å². The summed E-state index contributed by atoms with van der Waals surface area (Å²) in [6, 6.07) is 24.6. The van der Waals surface area contributed by atoms with E-state index < -0.39 is 6.04 Å². The van der Waals surface area contributed by atoms with Crippen LogP contribution in [-0.4, -0.2) is 21.1 Å². The number of nitrogens with zero attached hydrogens (tertiary/aromatic N) is 3. The number of hydrogen-bond acceptors (Lipinski definition) is 4. The van der Waals surface area contributed by atoms with E-state index in [1.807, 2.05) is 67.6 Å². The summed E-state index contributed by atoms with van der Waals surface area (Å²) in [7, 11) is 0. The largest absolute Gasteiger partial charge is 0.334 e. The van der Waals surface area contributed by atoms with Gasteiger partial charge in [0.1, 0.15) is 5.82 Å². The van der Waals surface area contributed by atoms with E-state index in [1.54, 1.807) is 17.0 Å². The first-order chi connectivity index (χ1) is 16.1. The monoisotopic (exact) mass is 440 g/mol. The van der Waals surface area contributed by atoms with E-state index in [9.17, 15) is 9.18 Å². The van der Waals surface area contributed by atoms with Crippen LogP contribution in [0.4, 0.5) is 9.18 Å².